The van der Waals surface area contributed by atoms with Gasteiger partial charge in [-0.25, -0.2) is 4.98 Å². The van der Waals surface area contributed by atoms with Crippen molar-refractivity contribution in [2.24, 2.45) is 10.7 Å². The van der Waals surface area contributed by atoms with Crippen molar-refractivity contribution in [1.82, 2.24) is 14.8 Å². The van der Waals surface area contributed by atoms with Crippen LogP contribution in [0.5, 0.6) is 0 Å². The third kappa shape index (κ3) is 6.49. The zero-order chi connectivity index (χ0) is 27.2. The van der Waals surface area contributed by atoms with E-state index in [0.29, 0.717) is 11.4 Å². The number of anilines is 3. The van der Waals surface area contributed by atoms with Gasteiger partial charge >= 0.3 is 0 Å². The second-order valence-electron chi connectivity index (χ2n) is 10.3. The second kappa shape index (κ2) is 12.2. The predicted molar refractivity (Wildman–Crippen MR) is 159 cm³/mol. The predicted octanol–water partition coefficient (Wildman–Crippen LogP) is 3.63. The zero-order valence-corrected chi connectivity index (χ0v) is 22.8. The Hall–Kier alpha value is -4.11. The molecule has 9 nitrogen and oxygen atoms in total. The number of carbonyl (C=O) groups excluding carboxylic acids is 1. The fourth-order valence-electron chi connectivity index (χ4n) is 5.30. The van der Waals surface area contributed by atoms with Crippen molar-refractivity contribution < 1.29 is 4.79 Å². The van der Waals surface area contributed by atoms with Crippen molar-refractivity contribution in [3.05, 3.63) is 78.5 Å². The lowest BCUT2D eigenvalue weighted by Gasteiger charge is -2.37. The highest BCUT2D eigenvalue weighted by molar-refractivity contribution is 5.97. The highest BCUT2D eigenvalue weighted by Gasteiger charge is 2.25. The minimum absolute atomic E-state index is 0.0447. The first-order chi connectivity index (χ1) is 19.0. The normalized spacial score (nSPS) is 17.2. The van der Waals surface area contributed by atoms with Crippen LogP contribution in [-0.4, -0.2) is 86.1 Å². The summed E-state index contributed by atoms with van der Waals surface area (Å²) in [6, 6.07) is 22.1. The second-order valence-corrected chi connectivity index (χ2v) is 10.3. The van der Waals surface area contributed by atoms with Crippen molar-refractivity contribution in [2.45, 2.75) is 18.9 Å². The Morgan fingerprint density at radius 1 is 0.923 bits per heavy atom. The number of pyridine rings is 1. The Bertz CT molecular complexity index is 1260. The first kappa shape index (κ1) is 26.5. The van der Waals surface area contributed by atoms with Crippen molar-refractivity contribution in [3.8, 4) is 0 Å². The van der Waals surface area contributed by atoms with Gasteiger partial charge in [0, 0.05) is 62.4 Å². The number of guanidine groups is 1. The largest absolute Gasteiger partial charge is 0.369 e. The van der Waals surface area contributed by atoms with Crippen LogP contribution in [0.3, 0.4) is 0 Å². The number of benzene rings is 2. The lowest BCUT2D eigenvalue weighted by atomic mass is 10.0. The molecule has 0 radical (unpaired) electrons. The molecule has 0 saturated carbocycles. The number of nitrogens with one attached hydrogen (secondary N) is 1. The molecule has 3 N–H and O–H groups in total. The fraction of sp³-hybridized carbons (Fsp3) is 0.367. The maximum Gasteiger partial charge on any atom is 0.253 e. The number of amides is 1. The molecule has 1 aromatic heterocycles. The maximum absolute atomic E-state index is 13.0. The van der Waals surface area contributed by atoms with E-state index in [1.807, 2.05) is 54.4 Å². The highest BCUT2D eigenvalue weighted by Crippen LogP contribution is 2.28. The van der Waals surface area contributed by atoms with Gasteiger partial charge in [0.15, 0.2) is 11.8 Å². The molecule has 1 amide bonds. The van der Waals surface area contributed by atoms with E-state index in [4.69, 9.17) is 5.73 Å². The molecule has 0 unspecified atom stereocenters. The monoisotopic (exact) mass is 526 g/mol. The van der Waals surface area contributed by atoms with Crippen LogP contribution in [0.15, 0.2) is 77.9 Å². The molecule has 2 aromatic carbocycles. The number of nitrogens with zero attached hydrogens (tertiary/aromatic N) is 6. The molecule has 3 aromatic rings. The Labute approximate surface area is 230 Å². The van der Waals surface area contributed by atoms with Gasteiger partial charge in [-0.3, -0.25) is 4.79 Å². The molecule has 2 fully saturated rings. The van der Waals surface area contributed by atoms with Gasteiger partial charge in [-0.1, -0.05) is 18.2 Å². The Balaban J connectivity index is 1.20. The molecule has 0 bridgehead atoms. The van der Waals surface area contributed by atoms with Crippen molar-refractivity contribution >= 4 is 34.7 Å². The molecule has 0 aliphatic carbocycles. The number of para-hydroxylation sites is 1. The topological polar surface area (TPSA) is 93.3 Å². The van der Waals surface area contributed by atoms with Gasteiger partial charge in [-0.2, -0.15) is 4.99 Å². The first-order valence-electron chi connectivity index (χ1n) is 13.6. The number of hydrogen-bond donors (Lipinski definition) is 2. The third-order valence-corrected chi connectivity index (χ3v) is 7.69. The quantitative estimate of drug-likeness (QED) is 0.374. The lowest BCUT2D eigenvalue weighted by Crippen LogP contribution is -2.46. The molecule has 2 saturated heterocycles. The van der Waals surface area contributed by atoms with Crippen LogP contribution >= 0.6 is 0 Å². The SMILES string of the molecule is CN1CCC(N(C)C(=O)c2ccc(NC(N)=Nc3ncccc3N3CCN(c4ccccc4)CC3)cc2)CC1. The number of piperazine rings is 1. The van der Waals surface area contributed by atoms with Crippen LogP contribution in [0.2, 0.25) is 0 Å². The Morgan fingerprint density at radius 2 is 1.59 bits per heavy atom. The van der Waals surface area contributed by atoms with Gasteiger partial charge < -0.3 is 30.7 Å². The molecule has 0 spiro atoms. The summed E-state index contributed by atoms with van der Waals surface area (Å²) in [5.74, 6) is 0.880. The van der Waals surface area contributed by atoms with Crippen LogP contribution in [-0.2, 0) is 0 Å². The minimum atomic E-state index is 0.0447. The molecular weight excluding hydrogens is 488 g/mol. The standard InChI is InChI=1S/C30H38N8O/c1-35-17-14-25(15-18-35)36(2)29(39)23-10-12-24(13-11-23)33-30(31)34-28-27(9-6-16-32-28)38-21-19-37(20-22-38)26-7-4-3-5-8-26/h3-13,16,25H,14-15,17-22H2,1-2H3,(H3,31,32,33,34). The summed E-state index contributed by atoms with van der Waals surface area (Å²) in [5.41, 5.74) is 9.93. The summed E-state index contributed by atoms with van der Waals surface area (Å²) < 4.78 is 0. The van der Waals surface area contributed by atoms with Crippen molar-refractivity contribution in [1.29, 1.82) is 0 Å². The Kier molecular flexibility index (Phi) is 8.27. The van der Waals surface area contributed by atoms with E-state index in [1.165, 1.54) is 5.69 Å². The average Bonchev–Trinajstić information content (AvgIpc) is 2.98. The number of carbonyl (C=O) groups is 1. The highest BCUT2D eigenvalue weighted by atomic mass is 16.2. The first-order valence-corrected chi connectivity index (χ1v) is 13.6. The molecule has 2 aliphatic heterocycles. The number of aliphatic imine (C=N–C) groups is 1. The van der Waals surface area contributed by atoms with E-state index in [1.54, 1.807) is 6.20 Å². The van der Waals surface area contributed by atoms with E-state index in [-0.39, 0.29) is 17.9 Å². The molecular formula is C30H38N8O. The molecule has 0 atom stereocenters. The number of hydrogen-bond acceptors (Lipinski definition) is 6. The van der Waals surface area contributed by atoms with Gasteiger partial charge in [0.1, 0.15) is 0 Å². The molecule has 39 heavy (non-hydrogen) atoms. The summed E-state index contributed by atoms with van der Waals surface area (Å²) in [5, 5.41) is 3.14. The van der Waals surface area contributed by atoms with Crippen LogP contribution in [0, 0.1) is 0 Å². The molecule has 3 heterocycles. The van der Waals surface area contributed by atoms with E-state index >= 15 is 0 Å². The maximum atomic E-state index is 13.0. The Morgan fingerprint density at radius 3 is 2.28 bits per heavy atom. The zero-order valence-electron chi connectivity index (χ0n) is 22.8. The van der Waals surface area contributed by atoms with Gasteiger partial charge in [-0.05, 0) is 81.5 Å². The van der Waals surface area contributed by atoms with E-state index < -0.39 is 0 Å². The fourth-order valence-corrected chi connectivity index (χ4v) is 5.30. The number of aromatic nitrogens is 1. The summed E-state index contributed by atoms with van der Waals surface area (Å²) >= 11 is 0. The number of piperidine rings is 1. The molecule has 9 heteroatoms. The number of nitrogens with two attached hydrogens (primary N) is 1. The molecule has 2 aliphatic rings. The average molecular weight is 527 g/mol. The van der Waals surface area contributed by atoms with Gasteiger partial charge in [0.05, 0.1) is 5.69 Å². The smallest absolute Gasteiger partial charge is 0.253 e. The van der Waals surface area contributed by atoms with Crippen LogP contribution in [0.1, 0.15) is 23.2 Å². The molecule has 204 valence electrons. The van der Waals surface area contributed by atoms with Crippen LogP contribution in [0.25, 0.3) is 0 Å². The van der Waals surface area contributed by atoms with Gasteiger partial charge in [0.2, 0.25) is 0 Å². The van der Waals surface area contributed by atoms with Crippen molar-refractivity contribution in [2.75, 3.05) is 68.5 Å². The lowest BCUT2D eigenvalue weighted by molar-refractivity contribution is 0.0659. The number of rotatable bonds is 6. The number of likely N-dealkylation sites (tertiary alicyclic amines) is 1. The van der Waals surface area contributed by atoms with Gasteiger partial charge in [-0.15, -0.1) is 0 Å². The van der Waals surface area contributed by atoms with Crippen molar-refractivity contribution in [3.63, 3.8) is 0 Å². The summed E-state index contributed by atoms with van der Waals surface area (Å²) in [6.07, 6.45) is 3.74. The summed E-state index contributed by atoms with van der Waals surface area (Å²) in [4.78, 5) is 31.0. The molecule has 5 rings (SSSR count). The van der Waals surface area contributed by atoms with E-state index in [9.17, 15) is 4.79 Å². The summed E-state index contributed by atoms with van der Waals surface area (Å²) in [6.45, 7) is 5.63. The minimum Gasteiger partial charge on any atom is -0.369 e. The third-order valence-electron chi connectivity index (χ3n) is 7.69. The van der Waals surface area contributed by atoms with Gasteiger partial charge in [0.25, 0.3) is 5.91 Å². The van der Waals surface area contributed by atoms with Crippen LogP contribution in [0.4, 0.5) is 22.9 Å². The van der Waals surface area contributed by atoms with E-state index in [2.05, 4.69) is 61.3 Å². The van der Waals surface area contributed by atoms with E-state index in [0.717, 1.165) is 63.5 Å². The summed E-state index contributed by atoms with van der Waals surface area (Å²) in [7, 11) is 4.03. The van der Waals surface area contributed by atoms with Crippen LogP contribution < -0.4 is 20.9 Å².